The second kappa shape index (κ2) is 7.67. The maximum atomic E-state index is 12.5. The van der Waals surface area contributed by atoms with Gasteiger partial charge in [0.1, 0.15) is 0 Å². The average molecular weight is 389 g/mol. The van der Waals surface area contributed by atoms with Gasteiger partial charge in [-0.3, -0.25) is 14.9 Å². The number of hydrogen-bond acceptors (Lipinski definition) is 8. The largest absolute Gasteiger partial charge is 0.347 e. The topological polar surface area (TPSA) is 107 Å². The summed E-state index contributed by atoms with van der Waals surface area (Å²) < 4.78 is 11.4. The highest BCUT2D eigenvalue weighted by Crippen LogP contribution is 2.31. The molecule has 4 rings (SSSR count). The molecule has 2 saturated heterocycles. The molecule has 0 bridgehead atoms. The summed E-state index contributed by atoms with van der Waals surface area (Å²) in [5, 5.41) is 4.84. The summed E-state index contributed by atoms with van der Waals surface area (Å²) in [7, 11) is 0. The number of likely N-dealkylation sites (tertiary alicyclic amines) is 1. The van der Waals surface area contributed by atoms with E-state index in [0.29, 0.717) is 50.0 Å². The summed E-state index contributed by atoms with van der Waals surface area (Å²) in [5.41, 5.74) is 0.628. The minimum Gasteiger partial charge on any atom is -0.347 e. The number of aromatic nitrogens is 3. The zero-order valence-electron chi connectivity index (χ0n) is 14.6. The van der Waals surface area contributed by atoms with Crippen LogP contribution in [0.1, 0.15) is 29.2 Å². The number of carbonyl (C=O) groups is 2. The highest BCUT2D eigenvalue weighted by atomic mass is 32.1. The van der Waals surface area contributed by atoms with Gasteiger partial charge in [0.15, 0.2) is 10.9 Å². The molecule has 0 radical (unpaired) electrons. The zero-order valence-corrected chi connectivity index (χ0v) is 15.4. The molecule has 27 heavy (non-hydrogen) atoms. The first kappa shape index (κ1) is 18.0. The molecule has 0 unspecified atom stereocenters. The van der Waals surface area contributed by atoms with Gasteiger partial charge in [-0.05, 0) is 6.07 Å². The molecule has 2 aromatic heterocycles. The number of piperidine rings is 1. The number of ether oxygens (including phenoxy) is 2. The van der Waals surface area contributed by atoms with E-state index < -0.39 is 11.7 Å². The van der Waals surface area contributed by atoms with Gasteiger partial charge in [0, 0.05) is 43.7 Å². The van der Waals surface area contributed by atoms with Crippen molar-refractivity contribution in [2.24, 2.45) is 0 Å². The molecule has 1 spiro atoms. The number of thiazole rings is 1. The monoisotopic (exact) mass is 389 g/mol. The Morgan fingerprint density at radius 1 is 1.19 bits per heavy atom. The average Bonchev–Trinajstić information content (AvgIpc) is 3.33. The number of nitrogens with zero attached hydrogens (tertiary/aromatic N) is 4. The third kappa shape index (κ3) is 4.12. The molecule has 0 aromatic carbocycles. The highest BCUT2D eigenvalue weighted by molar-refractivity contribution is 7.14. The van der Waals surface area contributed by atoms with E-state index in [0.717, 1.165) is 0 Å². The van der Waals surface area contributed by atoms with E-state index in [-0.39, 0.29) is 18.2 Å². The Bertz CT molecular complexity index is 812. The van der Waals surface area contributed by atoms with Gasteiger partial charge in [-0.15, -0.1) is 11.3 Å². The van der Waals surface area contributed by atoms with Crippen molar-refractivity contribution >= 4 is 28.3 Å². The van der Waals surface area contributed by atoms with Crippen molar-refractivity contribution in [2.45, 2.75) is 25.0 Å². The third-order valence-electron chi connectivity index (χ3n) is 4.56. The van der Waals surface area contributed by atoms with Crippen LogP contribution >= 0.6 is 11.3 Å². The number of hydrogen-bond donors (Lipinski definition) is 1. The van der Waals surface area contributed by atoms with Crippen LogP contribution in [0.5, 0.6) is 0 Å². The molecule has 0 aliphatic carbocycles. The van der Waals surface area contributed by atoms with E-state index in [1.165, 1.54) is 23.7 Å². The van der Waals surface area contributed by atoms with Crippen molar-refractivity contribution in [1.82, 2.24) is 19.9 Å². The van der Waals surface area contributed by atoms with Crippen LogP contribution in [0.2, 0.25) is 0 Å². The predicted molar refractivity (Wildman–Crippen MR) is 96.3 cm³/mol. The first-order chi connectivity index (χ1) is 13.1. The van der Waals surface area contributed by atoms with Crippen molar-refractivity contribution in [3.63, 3.8) is 0 Å². The summed E-state index contributed by atoms with van der Waals surface area (Å²) in [4.78, 5) is 38.5. The molecule has 10 heteroatoms. The fourth-order valence-electron chi connectivity index (χ4n) is 3.16. The molecule has 2 aliphatic rings. The zero-order chi connectivity index (χ0) is 18.7. The second-order valence-corrected chi connectivity index (χ2v) is 7.19. The van der Waals surface area contributed by atoms with E-state index in [1.807, 2.05) is 4.90 Å². The Morgan fingerprint density at radius 2 is 1.89 bits per heavy atom. The van der Waals surface area contributed by atoms with Gasteiger partial charge >= 0.3 is 0 Å². The molecular weight excluding hydrogens is 370 g/mol. The molecule has 2 aromatic rings. The van der Waals surface area contributed by atoms with Gasteiger partial charge in [0.25, 0.3) is 5.91 Å². The molecule has 0 saturated carbocycles. The van der Waals surface area contributed by atoms with E-state index in [9.17, 15) is 9.59 Å². The van der Waals surface area contributed by atoms with Crippen LogP contribution in [0.25, 0.3) is 0 Å². The Labute approximate surface area is 159 Å². The minimum absolute atomic E-state index is 0.0115. The summed E-state index contributed by atoms with van der Waals surface area (Å²) >= 11 is 1.27. The molecular formula is C17H19N5O4S. The highest BCUT2D eigenvalue weighted by Gasteiger charge is 2.40. The van der Waals surface area contributed by atoms with Crippen molar-refractivity contribution in [3.8, 4) is 0 Å². The summed E-state index contributed by atoms with van der Waals surface area (Å²) in [6.45, 7) is 2.46. The van der Waals surface area contributed by atoms with Gasteiger partial charge in [0.2, 0.25) is 11.7 Å². The summed E-state index contributed by atoms with van der Waals surface area (Å²) in [6.07, 6.45) is 4.57. The molecule has 2 aliphatic heterocycles. The molecule has 4 heterocycles. The van der Waals surface area contributed by atoms with Gasteiger partial charge in [-0.1, -0.05) is 0 Å². The summed E-state index contributed by atoms with van der Waals surface area (Å²) in [5.74, 6) is -0.837. The molecule has 2 amide bonds. The molecule has 0 atom stereocenters. The maximum absolute atomic E-state index is 12.5. The quantitative estimate of drug-likeness (QED) is 0.834. The maximum Gasteiger partial charge on any atom is 0.295 e. The second-order valence-electron chi connectivity index (χ2n) is 6.34. The number of rotatable bonds is 4. The van der Waals surface area contributed by atoms with E-state index in [1.54, 1.807) is 11.4 Å². The van der Waals surface area contributed by atoms with E-state index in [4.69, 9.17) is 9.47 Å². The van der Waals surface area contributed by atoms with Crippen LogP contribution in [0.4, 0.5) is 5.13 Å². The van der Waals surface area contributed by atoms with Crippen molar-refractivity contribution < 1.29 is 19.1 Å². The van der Waals surface area contributed by atoms with E-state index >= 15 is 0 Å². The van der Waals surface area contributed by atoms with Crippen LogP contribution in [-0.4, -0.2) is 63.8 Å². The van der Waals surface area contributed by atoms with Gasteiger partial charge < -0.3 is 14.4 Å². The van der Waals surface area contributed by atoms with Gasteiger partial charge in [0.05, 0.1) is 25.3 Å². The lowest BCUT2D eigenvalue weighted by atomic mass is 10.0. The lowest BCUT2D eigenvalue weighted by Gasteiger charge is -2.37. The molecule has 142 valence electrons. The fourth-order valence-corrected chi connectivity index (χ4v) is 3.87. The molecule has 1 N–H and O–H groups in total. The predicted octanol–water partition coefficient (Wildman–Crippen LogP) is 1.09. The number of nitrogens with one attached hydrogen (secondary N) is 1. The fraction of sp³-hybridized carbons (Fsp3) is 0.471. The number of amides is 2. The molecule has 9 nitrogen and oxygen atoms in total. The normalized spacial score (nSPS) is 18.6. The first-order valence-corrected chi connectivity index (χ1v) is 9.60. The Morgan fingerprint density at radius 3 is 2.59 bits per heavy atom. The summed E-state index contributed by atoms with van der Waals surface area (Å²) in [6, 6.07) is 1.64. The van der Waals surface area contributed by atoms with Crippen LogP contribution in [0.3, 0.4) is 0 Å². The van der Waals surface area contributed by atoms with Gasteiger partial charge in [-0.2, -0.15) is 0 Å². The van der Waals surface area contributed by atoms with Gasteiger partial charge in [-0.25, -0.2) is 15.0 Å². The standard InChI is InChI=1S/C17H19N5O4S/c23-13(22-6-2-17(3-7-22)25-8-9-26-17)10-12-11-27-16(20-12)21-15(24)14-18-4-1-5-19-14/h1,4-5,11H,2-3,6-10H2,(H,20,21,24). The third-order valence-corrected chi connectivity index (χ3v) is 5.37. The number of carbonyl (C=O) groups excluding carboxylic acids is 2. The van der Waals surface area contributed by atoms with Crippen molar-refractivity contribution in [3.05, 3.63) is 35.4 Å². The SMILES string of the molecule is O=C(Nc1nc(CC(=O)N2CCC3(CC2)OCCO3)cs1)c1ncccn1. The Kier molecular flexibility index (Phi) is 5.10. The van der Waals surface area contributed by atoms with Crippen molar-refractivity contribution in [2.75, 3.05) is 31.6 Å². The Hall–Kier alpha value is -2.43. The Balaban J connectivity index is 1.30. The van der Waals surface area contributed by atoms with Crippen LogP contribution in [0.15, 0.2) is 23.8 Å². The smallest absolute Gasteiger partial charge is 0.295 e. The van der Waals surface area contributed by atoms with Crippen LogP contribution in [0, 0.1) is 0 Å². The van der Waals surface area contributed by atoms with Crippen LogP contribution in [-0.2, 0) is 20.7 Å². The first-order valence-electron chi connectivity index (χ1n) is 8.72. The number of anilines is 1. The lowest BCUT2D eigenvalue weighted by Crippen LogP contribution is -2.47. The minimum atomic E-state index is -0.492. The van der Waals surface area contributed by atoms with Crippen LogP contribution < -0.4 is 5.32 Å². The van der Waals surface area contributed by atoms with E-state index in [2.05, 4.69) is 20.3 Å². The lowest BCUT2D eigenvalue weighted by molar-refractivity contribution is -0.187. The molecule has 2 fully saturated rings. The van der Waals surface area contributed by atoms with Crippen molar-refractivity contribution in [1.29, 1.82) is 0 Å².